The zero-order valence-corrected chi connectivity index (χ0v) is 9.00. The van der Waals surface area contributed by atoms with Crippen molar-refractivity contribution in [1.82, 2.24) is 9.78 Å². The summed E-state index contributed by atoms with van der Waals surface area (Å²) < 4.78 is 26.7. The van der Waals surface area contributed by atoms with Gasteiger partial charge in [-0.3, -0.25) is 4.68 Å². The van der Waals surface area contributed by atoms with Crippen LogP contribution in [0.15, 0.2) is 6.20 Å². The summed E-state index contributed by atoms with van der Waals surface area (Å²) in [7, 11) is 1.61. The van der Waals surface area contributed by atoms with Gasteiger partial charge in [-0.05, 0) is 0 Å². The summed E-state index contributed by atoms with van der Waals surface area (Å²) in [6.45, 7) is 3.73. The van der Waals surface area contributed by atoms with Crippen molar-refractivity contribution in [2.24, 2.45) is 12.9 Å². The monoisotopic (exact) mass is 219 g/mol. The topological polar surface area (TPSA) is 53.1 Å². The third-order valence-corrected chi connectivity index (χ3v) is 2.24. The standard InChI is InChI=1S/C9H15F2N3O/c1-9(2,5-15-12)6-4-14(3)13-7(6)8(10)11/h4,8H,5,12H2,1-3H3. The van der Waals surface area contributed by atoms with Crippen LogP contribution in [0.4, 0.5) is 8.78 Å². The average Bonchev–Trinajstić information content (AvgIpc) is 2.47. The van der Waals surface area contributed by atoms with Gasteiger partial charge >= 0.3 is 0 Å². The van der Waals surface area contributed by atoms with Crippen LogP contribution in [-0.4, -0.2) is 16.4 Å². The van der Waals surface area contributed by atoms with Gasteiger partial charge in [0.25, 0.3) is 6.43 Å². The third-order valence-electron chi connectivity index (χ3n) is 2.24. The molecule has 0 aromatic carbocycles. The lowest BCUT2D eigenvalue weighted by Gasteiger charge is -2.22. The molecule has 0 unspecified atom stereocenters. The van der Waals surface area contributed by atoms with Crippen molar-refractivity contribution >= 4 is 0 Å². The van der Waals surface area contributed by atoms with E-state index in [-0.39, 0.29) is 12.3 Å². The number of nitrogens with two attached hydrogens (primary N) is 1. The molecule has 6 heteroatoms. The van der Waals surface area contributed by atoms with E-state index in [9.17, 15) is 8.78 Å². The van der Waals surface area contributed by atoms with Crippen LogP contribution in [0.3, 0.4) is 0 Å². The summed E-state index contributed by atoms with van der Waals surface area (Å²) in [5.41, 5.74) is -0.320. The molecule has 0 saturated heterocycles. The highest BCUT2D eigenvalue weighted by Gasteiger charge is 2.30. The highest BCUT2D eigenvalue weighted by molar-refractivity contribution is 5.27. The molecule has 1 aromatic rings. The van der Waals surface area contributed by atoms with Crippen LogP contribution < -0.4 is 5.90 Å². The van der Waals surface area contributed by atoms with Gasteiger partial charge in [-0.2, -0.15) is 5.10 Å². The second kappa shape index (κ2) is 4.24. The van der Waals surface area contributed by atoms with Gasteiger partial charge in [0.15, 0.2) is 0 Å². The van der Waals surface area contributed by atoms with Crippen LogP contribution in [0.25, 0.3) is 0 Å². The van der Waals surface area contributed by atoms with E-state index in [2.05, 4.69) is 9.94 Å². The molecular weight excluding hydrogens is 204 g/mol. The number of alkyl halides is 2. The first-order valence-electron chi connectivity index (χ1n) is 4.52. The molecule has 0 saturated carbocycles. The molecule has 1 heterocycles. The van der Waals surface area contributed by atoms with Crippen molar-refractivity contribution in [2.75, 3.05) is 6.61 Å². The highest BCUT2D eigenvalue weighted by Crippen LogP contribution is 2.31. The largest absolute Gasteiger partial charge is 0.304 e. The Morgan fingerprint density at radius 3 is 2.67 bits per heavy atom. The third kappa shape index (κ3) is 2.51. The quantitative estimate of drug-likeness (QED) is 0.781. The summed E-state index contributed by atoms with van der Waals surface area (Å²) in [4.78, 5) is 4.52. The number of aromatic nitrogens is 2. The molecule has 0 aliphatic rings. The van der Waals surface area contributed by atoms with E-state index in [0.717, 1.165) is 0 Å². The molecule has 0 aliphatic carbocycles. The van der Waals surface area contributed by atoms with Crippen molar-refractivity contribution in [2.45, 2.75) is 25.7 Å². The Morgan fingerprint density at radius 1 is 1.60 bits per heavy atom. The second-order valence-electron chi connectivity index (χ2n) is 4.10. The fraction of sp³-hybridized carbons (Fsp3) is 0.667. The Hall–Kier alpha value is -1.01. The molecular formula is C9H15F2N3O. The molecule has 15 heavy (non-hydrogen) atoms. The summed E-state index contributed by atoms with van der Waals surface area (Å²) in [6, 6.07) is 0. The molecule has 86 valence electrons. The molecule has 2 N–H and O–H groups in total. The number of nitrogens with zero attached hydrogens (tertiary/aromatic N) is 2. The minimum Gasteiger partial charge on any atom is -0.304 e. The molecule has 0 amide bonds. The first kappa shape index (κ1) is 12.1. The van der Waals surface area contributed by atoms with E-state index in [1.54, 1.807) is 27.1 Å². The molecule has 0 fully saturated rings. The SMILES string of the molecule is Cn1cc(C(C)(C)CON)c(C(F)F)n1. The van der Waals surface area contributed by atoms with Crippen LogP contribution in [0.2, 0.25) is 0 Å². The first-order valence-corrected chi connectivity index (χ1v) is 4.52. The van der Waals surface area contributed by atoms with E-state index in [1.165, 1.54) is 4.68 Å². The number of hydrogen-bond acceptors (Lipinski definition) is 3. The number of aryl methyl sites for hydroxylation is 1. The molecule has 0 spiro atoms. The molecule has 1 aromatic heterocycles. The highest BCUT2D eigenvalue weighted by atomic mass is 19.3. The van der Waals surface area contributed by atoms with E-state index < -0.39 is 11.8 Å². The first-order chi connectivity index (χ1) is 6.88. The van der Waals surface area contributed by atoms with Gasteiger partial charge in [0, 0.05) is 24.2 Å². The fourth-order valence-corrected chi connectivity index (χ4v) is 1.47. The molecule has 0 bridgehead atoms. The Kier molecular flexibility index (Phi) is 3.41. The van der Waals surface area contributed by atoms with E-state index >= 15 is 0 Å². The summed E-state index contributed by atoms with van der Waals surface area (Å²) in [6.07, 6.45) is -1.02. The Bertz CT molecular complexity index is 336. The van der Waals surface area contributed by atoms with Crippen molar-refractivity contribution in [3.05, 3.63) is 17.5 Å². The minimum absolute atomic E-state index is 0.165. The van der Waals surface area contributed by atoms with Crippen molar-refractivity contribution in [1.29, 1.82) is 0 Å². The van der Waals surface area contributed by atoms with E-state index in [0.29, 0.717) is 5.56 Å². The zero-order chi connectivity index (χ0) is 11.6. The van der Waals surface area contributed by atoms with Crippen LogP contribution >= 0.6 is 0 Å². The lowest BCUT2D eigenvalue weighted by atomic mass is 9.86. The molecule has 4 nitrogen and oxygen atoms in total. The second-order valence-corrected chi connectivity index (χ2v) is 4.10. The van der Waals surface area contributed by atoms with Crippen LogP contribution in [0, 0.1) is 0 Å². The Labute approximate surface area is 87.0 Å². The van der Waals surface area contributed by atoms with E-state index in [4.69, 9.17) is 5.90 Å². The lowest BCUT2D eigenvalue weighted by molar-refractivity contribution is 0.0925. The van der Waals surface area contributed by atoms with Gasteiger partial charge in [-0.15, -0.1) is 0 Å². The van der Waals surface area contributed by atoms with Crippen molar-refractivity contribution in [3.63, 3.8) is 0 Å². The minimum atomic E-state index is -2.58. The van der Waals surface area contributed by atoms with Crippen LogP contribution in [0.1, 0.15) is 31.5 Å². The van der Waals surface area contributed by atoms with Crippen LogP contribution in [0.5, 0.6) is 0 Å². The predicted molar refractivity (Wildman–Crippen MR) is 51.3 cm³/mol. The molecule has 1 rings (SSSR count). The maximum Gasteiger partial charge on any atom is 0.282 e. The van der Waals surface area contributed by atoms with Crippen LogP contribution in [-0.2, 0) is 17.3 Å². The maximum absolute atomic E-state index is 12.7. The van der Waals surface area contributed by atoms with Crippen molar-refractivity contribution in [3.8, 4) is 0 Å². The van der Waals surface area contributed by atoms with Gasteiger partial charge in [0.05, 0.1) is 6.61 Å². The lowest BCUT2D eigenvalue weighted by Crippen LogP contribution is -2.27. The van der Waals surface area contributed by atoms with Gasteiger partial charge in [0.1, 0.15) is 5.69 Å². The summed E-state index contributed by atoms with van der Waals surface area (Å²) in [5.74, 6) is 4.97. The zero-order valence-electron chi connectivity index (χ0n) is 9.00. The van der Waals surface area contributed by atoms with E-state index in [1.807, 2.05) is 0 Å². The molecule has 0 atom stereocenters. The summed E-state index contributed by atoms with van der Waals surface area (Å²) in [5, 5.41) is 3.73. The maximum atomic E-state index is 12.7. The normalized spacial score (nSPS) is 12.5. The Balaban J connectivity index is 3.12. The Morgan fingerprint density at radius 2 is 2.20 bits per heavy atom. The van der Waals surface area contributed by atoms with Gasteiger partial charge in [-0.1, -0.05) is 13.8 Å². The van der Waals surface area contributed by atoms with Crippen molar-refractivity contribution < 1.29 is 13.6 Å². The van der Waals surface area contributed by atoms with Gasteiger partial charge in [-0.25, -0.2) is 14.7 Å². The summed E-state index contributed by atoms with van der Waals surface area (Å²) >= 11 is 0. The predicted octanol–water partition coefficient (Wildman–Crippen LogP) is 1.53. The molecule has 0 aliphatic heterocycles. The smallest absolute Gasteiger partial charge is 0.282 e. The average molecular weight is 219 g/mol. The molecule has 0 radical (unpaired) electrons. The van der Waals surface area contributed by atoms with Gasteiger partial charge < -0.3 is 4.84 Å². The number of halogens is 2. The van der Waals surface area contributed by atoms with Gasteiger partial charge in [0.2, 0.25) is 0 Å². The number of hydrogen-bond donors (Lipinski definition) is 1. The number of rotatable bonds is 4. The fourth-order valence-electron chi connectivity index (χ4n) is 1.47.